The third-order valence-corrected chi connectivity index (χ3v) is 4.28. The number of halogens is 3. The fourth-order valence-corrected chi connectivity index (χ4v) is 2.91. The summed E-state index contributed by atoms with van der Waals surface area (Å²) in [6, 6.07) is 12.0. The molecule has 25 heavy (non-hydrogen) atoms. The molecule has 0 radical (unpaired) electrons. The first-order valence-electron chi connectivity index (χ1n) is 7.34. The third-order valence-electron chi connectivity index (χ3n) is 3.52. The van der Waals surface area contributed by atoms with Crippen molar-refractivity contribution in [3.63, 3.8) is 0 Å². The van der Waals surface area contributed by atoms with Crippen LogP contribution in [-0.4, -0.2) is 10.9 Å². The maximum absolute atomic E-state index is 12.7. The number of nitrogens with zero attached hydrogens (tertiary/aromatic N) is 1. The van der Waals surface area contributed by atoms with Gasteiger partial charge >= 0.3 is 6.18 Å². The van der Waals surface area contributed by atoms with Crippen molar-refractivity contribution in [2.75, 3.05) is 5.32 Å². The lowest BCUT2D eigenvalue weighted by Crippen LogP contribution is -2.13. The lowest BCUT2D eigenvalue weighted by Gasteiger charge is -2.08. The lowest BCUT2D eigenvalue weighted by atomic mass is 10.1. The zero-order valence-electron chi connectivity index (χ0n) is 13.1. The zero-order valence-corrected chi connectivity index (χ0v) is 13.9. The number of rotatable bonds is 3. The summed E-state index contributed by atoms with van der Waals surface area (Å²) in [6.07, 6.45) is -4.49. The van der Waals surface area contributed by atoms with Crippen LogP contribution < -0.4 is 5.32 Å². The molecule has 0 unspecified atom stereocenters. The normalized spacial score (nSPS) is 11.4. The lowest BCUT2D eigenvalue weighted by molar-refractivity contribution is -0.137. The van der Waals surface area contributed by atoms with E-state index >= 15 is 0 Å². The first kappa shape index (κ1) is 17.2. The quantitative estimate of drug-likeness (QED) is 0.679. The Morgan fingerprint density at radius 1 is 1.12 bits per heavy atom. The van der Waals surface area contributed by atoms with Crippen LogP contribution in [0.25, 0.3) is 11.3 Å². The van der Waals surface area contributed by atoms with Gasteiger partial charge in [-0.15, -0.1) is 11.3 Å². The summed E-state index contributed by atoms with van der Waals surface area (Å²) in [7, 11) is 0. The smallest absolute Gasteiger partial charge is 0.298 e. The van der Waals surface area contributed by atoms with Crippen LogP contribution in [-0.2, 0) is 6.18 Å². The summed E-state index contributed by atoms with van der Waals surface area (Å²) in [5.74, 6) is -0.629. The van der Waals surface area contributed by atoms with E-state index in [2.05, 4.69) is 10.3 Å². The number of benzene rings is 2. The maximum Gasteiger partial charge on any atom is 0.416 e. The molecule has 3 aromatic rings. The molecule has 0 bridgehead atoms. The number of aromatic nitrogens is 1. The van der Waals surface area contributed by atoms with Crippen LogP contribution in [0.4, 0.5) is 18.3 Å². The van der Waals surface area contributed by atoms with Gasteiger partial charge in [-0.2, -0.15) is 13.2 Å². The number of aryl methyl sites for hydroxylation is 1. The van der Waals surface area contributed by atoms with Gasteiger partial charge in [0.05, 0.1) is 11.3 Å². The van der Waals surface area contributed by atoms with Crippen molar-refractivity contribution in [1.82, 2.24) is 4.98 Å². The van der Waals surface area contributed by atoms with Gasteiger partial charge in [0.1, 0.15) is 0 Å². The van der Waals surface area contributed by atoms with E-state index in [9.17, 15) is 18.0 Å². The van der Waals surface area contributed by atoms with Crippen LogP contribution in [0.3, 0.4) is 0 Å². The molecule has 2 aromatic carbocycles. The number of hydrogen-bond donors (Lipinski definition) is 1. The largest absolute Gasteiger partial charge is 0.416 e. The summed E-state index contributed by atoms with van der Waals surface area (Å²) < 4.78 is 38.2. The Morgan fingerprint density at radius 3 is 2.52 bits per heavy atom. The van der Waals surface area contributed by atoms with Crippen LogP contribution >= 0.6 is 11.3 Å². The molecular formula is C18H13F3N2OS. The number of amides is 1. The van der Waals surface area contributed by atoms with Crippen molar-refractivity contribution < 1.29 is 18.0 Å². The second-order valence-electron chi connectivity index (χ2n) is 5.44. The van der Waals surface area contributed by atoms with E-state index in [1.807, 2.05) is 31.2 Å². The van der Waals surface area contributed by atoms with Gasteiger partial charge in [0.25, 0.3) is 5.91 Å². The van der Waals surface area contributed by atoms with Gasteiger partial charge < -0.3 is 0 Å². The highest BCUT2D eigenvalue weighted by molar-refractivity contribution is 7.14. The minimum Gasteiger partial charge on any atom is -0.298 e. The molecule has 0 fully saturated rings. The standard InChI is InChI=1S/C18H13F3N2OS/c1-11-5-7-12(8-6-11)15-10-25-17(22-15)23-16(24)13-3-2-4-14(9-13)18(19,20)21/h2-10H,1H3,(H,22,23,24). The molecule has 0 atom stereocenters. The molecule has 0 aliphatic heterocycles. The predicted octanol–water partition coefficient (Wildman–Crippen LogP) is 5.39. The van der Waals surface area contributed by atoms with Gasteiger partial charge in [0.15, 0.2) is 5.13 Å². The summed E-state index contributed by atoms with van der Waals surface area (Å²) in [5.41, 5.74) is 1.80. The van der Waals surface area contributed by atoms with E-state index in [1.54, 1.807) is 5.38 Å². The van der Waals surface area contributed by atoms with E-state index in [4.69, 9.17) is 0 Å². The van der Waals surface area contributed by atoms with Crippen molar-refractivity contribution in [3.05, 3.63) is 70.6 Å². The number of carbonyl (C=O) groups excluding carboxylic acids is 1. The van der Waals surface area contributed by atoms with Crippen molar-refractivity contribution in [3.8, 4) is 11.3 Å². The van der Waals surface area contributed by atoms with Crippen LogP contribution in [0.1, 0.15) is 21.5 Å². The molecule has 0 saturated heterocycles. The van der Waals surface area contributed by atoms with Crippen LogP contribution in [0.5, 0.6) is 0 Å². The SMILES string of the molecule is Cc1ccc(-c2csc(NC(=O)c3cccc(C(F)(F)F)c3)n2)cc1. The Kier molecular flexibility index (Phi) is 4.59. The number of nitrogens with one attached hydrogen (secondary N) is 1. The Hall–Kier alpha value is -2.67. The van der Waals surface area contributed by atoms with E-state index in [1.165, 1.54) is 23.5 Å². The summed E-state index contributed by atoms with van der Waals surface area (Å²) in [6.45, 7) is 1.98. The Morgan fingerprint density at radius 2 is 1.84 bits per heavy atom. The Labute approximate surface area is 146 Å². The molecule has 0 aliphatic rings. The number of thiazole rings is 1. The van der Waals surface area contributed by atoms with Gasteiger partial charge in [-0.1, -0.05) is 35.9 Å². The average molecular weight is 362 g/mol. The Bertz CT molecular complexity index is 901. The van der Waals surface area contributed by atoms with E-state index in [0.717, 1.165) is 23.3 Å². The highest BCUT2D eigenvalue weighted by Gasteiger charge is 2.30. The number of hydrogen-bond acceptors (Lipinski definition) is 3. The predicted molar refractivity (Wildman–Crippen MR) is 91.7 cm³/mol. The van der Waals surface area contributed by atoms with Crippen LogP contribution in [0.2, 0.25) is 0 Å². The van der Waals surface area contributed by atoms with Crippen molar-refractivity contribution in [2.45, 2.75) is 13.1 Å². The van der Waals surface area contributed by atoms with Crippen molar-refractivity contribution >= 4 is 22.4 Å². The molecule has 1 N–H and O–H groups in total. The molecule has 1 aromatic heterocycles. The van der Waals surface area contributed by atoms with E-state index in [-0.39, 0.29) is 5.56 Å². The molecule has 0 aliphatic carbocycles. The molecule has 0 saturated carbocycles. The van der Waals surface area contributed by atoms with Crippen LogP contribution in [0.15, 0.2) is 53.9 Å². The van der Waals surface area contributed by atoms with Gasteiger partial charge in [-0.05, 0) is 25.1 Å². The number of anilines is 1. The van der Waals surface area contributed by atoms with Gasteiger partial charge in [0, 0.05) is 16.5 Å². The second-order valence-corrected chi connectivity index (χ2v) is 6.29. The van der Waals surface area contributed by atoms with Crippen molar-refractivity contribution in [1.29, 1.82) is 0 Å². The Balaban J connectivity index is 1.77. The van der Waals surface area contributed by atoms with Crippen molar-refractivity contribution in [2.24, 2.45) is 0 Å². The van der Waals surface area contributed by atoms with Crippen LogP contribution in [0, 0.1) is 6.92 Å². The fourth-order valence-electron chi connectivity index (χ4n) is 2.19. The van der Waals surface area contributed by atoms with E-state index < -0.39 is 17.6 Å². The summed E-state index contributed by atoms with van der Waals surface area (Å²) in [5, 5.41) is 4.66. The second kappa shape index (κ2) is 6.68. The monoisotopic (exact) mass is 362 g/mol. The molecule has 7 heteroatoms. The summed E-state index contributed by atoms with van der Waals surface area (Å²) in [4.78, 5) is 16.5. The van der Waals surface area contributed by atoms with Gasteiger partial charge in [-0.3, -0.25) is 10.1 Å². The zero-order chi connectivity index (χ0) is 18.0. The third kappa shape index (κ3) is 4.06. The first-order chi connectivity index (χ1) is 11.8. The maximum atomic E-state index is 12.7. The highest BCUT2D eigenvalue weighted by atomic mass is 32.1. The molecule has 0 spiro atoms. The summed E-state index contributed by atoms with van der Waals surface area (Å²) >= 11 is 1.22. The number of carbonyl (C=O) groups is 1. The van der Waals surface area contributed by atoms with Gasteiger partial charge in [0.2, 0.25) is 0 Å². The molecule has 128 valence electrons. The number of alkyl halides is 3. The molecule has 1 amide bonds. The minimum absolute atomic E-state index is 0.0677. The van der Waals surface area contributed by atoms with Gasteiger partial charge in [-0.25, -0.2) is 4.98 Å². The highest BCUT2D eigenvalue weighted by Crippen LogP contribution is 2.30. The average Bonchev–Trinajstić information content (AvgIpc) is 3.03. The first-order valence-corrected chi connectivity index (χ1v) is 8.22. The minimum atomic E-state index is -4.49. The molecule has 1 heterocycles. The molecular weight excluding hydrogens is 349 g/mol. The van der Waals surface area contributed by atoms with E-state index in [0.29, 0.717) is 10.8 Å². The fraction of sp³-hybridized carbons (Fsp3) is 0.111. The molecule has 3 nitrogen and oxygen atoms in total. The topological polar surface area (TPSA) is 42.0 Å². The molecule has 3 rings (SSSR count).